The first-order valence-corrected chi connectivity index (χ1v) is 10.7. The highest BCUT2D eigenvalue weighted by Crippen LogP contribution is 2.21. The highest BCUT2D eigenvalue weighted by atomic mass is 32.1. The molecule has 0 bridgehead atoms. The lowest BCUT2D eigenvalue weighted by molar-refractivity contribution is -0.924. The van der Waals surface area contributed by atoms with Crippen molar-refractivity contribution < 1.29 is 9.69 Å². The third-order valence-corrected chi connectivity index (χ3v) is 6.39. The number of carbonyl (C=O) groups is 1. The fraction of sp³-hybridized carbons (Fsp3) is 0.348. The molecule has 0 spiro atoms. The lowest BCUT2D eigenvalue weighted by Crippen LogP contribution is -3.14. The molecule has 0 unspecified atom stereocenters. The Morgan fingerprint density at radius 1 is 1.10 bits per heavy atom. The maximum atomic E-state index is 11.5. The molecule has 156 valence electrons. The van der Waals surface area contributed by atoms with Crippen LogP contribution in [0.25, 0.3) is 11.4 Å². The fourth-order valence-electron chi connectivity index (χ4n) is 4.01. The summed E-state index contributed by atoms with van der Waals surface area (Å²) in [5.41, 5.74) is 4.26. The van der Waals surface area contributed by atoms with E-state index in [0.29, 0.717) is 0 Å². The Bertz CT molecular complexity index is 1110. The van der Waals surface area contributed by atoms with Gasteiger partial charge < -0.3 is 14.4 Å². The molecule has 30 heavy (non-hydrogen) atoms. The van der Waals surface area contributed by atoms with Gasteiger partial charge in [0.05, 0.1) is 26.2 Å². The van der Waals surface area contributed by atoms with E-state index in [1.54, 1.807) is 6.92 Å². The highest BCUT2D eigenvalue weighted by molar-refractivity contribution is 7.71. The number of benzene rings is 2. The third kappa shape index (κ3) is 4.08. The summed E-state index contributed by atoms with van der Waals surface area (Å²) in [5, 5.41) is 4.85. The number of carbonyl (C=O) groups excluding carboxylic acids is 1. The number of Topliss-reactive ketones (excluding diaryl/α,β-unsaturated/α-hetero) is 1. The molecular weight excluding hydrogens is 394 g/mol. The van der Waals surface area contributed by atoms with Gasteiger partial charge in [0.15, 0.2) is 18.3 Å². The number of aryl methyl sites for hydroxylation is 1. The first-order valence-electron chi connectivity index (χ1n) is 10.3. The van der Waals surface area contributed by atoms with E-state index in [1.807, 2.05) is 52.7 Å². The second-order valence-corrected chi connectivity index (χ2v) is 8.34. The van der Waals surface area contributed by atoms with Gasteiger partial charge >= 0.3 is 0 Å². The molecule has 0 amide bonds. The van der Waals surface area contributed by atoms with Gasteiger partial charge in [-0.25, -0.2) is 0 Å². The van der Waals surface area contributed by atoms with E-state index in [9.17, 15) is 4.79 Å². The zero-order valence-corrected chi connectivity index (χ0v) is 18.6. The predicted octanol–water partition coefficient (Wildman–Crippen LogP) is 2.49. The third-order valence-electron chi connectivity index (χ3n) is 5.91. The molecule has 2 heterocycles. The van der Waals surface area contributed by atoms with Crippen molar-refractivity contribution in [2.24, 2.45) is 7.05 Å². The van der Waals surface area contributed by atoms with Crippen molar-refractivity contribution >= 4 is 23.7 Å². The molecule has 0 radical (unpaired) electrons. The minimum absolute atomic E-state index is 0.105. The van der Waals surface area contributed by atoms with Crippen LogP contribution in [0, 0.1) is 11.7 Å². The summed E-state index contributed by atoms with van der Waals surface area (Å²) in [6.07, 6.45) is 0. The molecule has 1 aliphatic rings. The van der Waals surface area contributed by atoms with Crippen LogP contribution in [0.2, 0.25) is 0 Å². The van der Waals surface area contributed by atoms with E-state index >= 15 is 0 Å². The Morgan fingerprint density at radius 2 is 1.77 bits per heavy atom. The molecule has 3 aromatic rings. The van der Waals surface area contributed by atoms with Crippen LogP contribution in [-0.4, -0.2) is 46.3 Å². The molecular formula is C23H28N5OS+. The SMILES string of the molecule is CC(=O)c1ccc(N2CC[NH+](Cn3nc(-c4ccccc4C)n(C)c3=S)CC2)cc1. The fourth-order valence-corrected chi connectivity index (χ4v) is 4.20. The second kappa shape index (κ2) is 8.53. The number of hydrogen-bond acceptors (Lipinski definition) is 4. The van der Waals surface area contributed by atoms with Crippen molar-refractivity contribution in [2.75, 3.05) is 31.1 Å². The summed E-state index contributed by atoms with van der Waals surface area (Å²) < 4.78 is 4.72. The minimum atomic E-state index is 0.105. The lowest BCUT2D eigenvalue weighted by atomic mass is 10.1. The maximum Gasteiger partial charge on any atom is 0.202 e. The molecule has 0 saturated carbocycles. The van der Waals surface area contributed by atoms with Crippen LogP contribution in [0.15, 0.2) is 48.5 Å². The lowest BCUT2D eigenvalue weighted by Gasteiger charge is -2.33. The van der Waals surface area contributed by atoms with Crippen molar-refractivity contribution in [2.45, 2.75) is 20.5 Å². The van der Waals surface area contributed by atoms with Gasteiger partial charge in [-0.05, 0) is 55.9 Å². The van der Waals surface area contributed by atoms with E-state index in [-0.39, 0.29) is 5.78 Å². The molecule has 1 N–H and O–H groups in total. The molecule has 1 aliphatic heterocycles. The van der Waals surface area contributed by atoms with Crippen LogP contribution in [0.1, 0.15) is 22.8 Å². The van der Waals surface area contributed by atoms with Gasteiger partial charge in [0.2, 0.25) is 4.77 Å². The normalized spacial score (nSPS) is 14.8. The van der Waals surface area contributed by atoms with Crippen molar-refractivity contribution in [1.29, 1.82) is 0 Å². The monoisotopic (exact) mass is 422 g/mol. The molecule has 1 saturated heterocycles. The quantitative estimate of drug-likeness (QED) is 0.507. The summed E-state index contributed by atoms with van der Waals surface area (Å²) in [6.45, 7) is 8.46. The largest absolute Gasteiger partial charge is 0.360 e. The molecule has 2 aromatic carbocycles. The number of hydrogen-bond donors (Lipinski definition) is 1. The van der Waals surface area contributed by atoms with E-state index in [2.05, 4.69) is 24.0 Å². The maximum absolute atomic E-state index is 11.5. The number of piperazine rings is 1. The zero-order chi connectivity index (χ0) is 21.3. The number of quaternary nitrogens is 1. The first-order chi connectivity index (χ1) is 14.4. The molecule has 0 atom stereocenters. The van der Waals surface area contributed by atoms with E-state index in [4.69, 9.17) is 17.3 Å². The summed E-state index contributed by atoms with van der Waals surface area (Å²) in [5.74, 6) is 1.02. The van der Waals surface area contributed by atoms with Crippen LogP contribution in [0.3, 0.4) is 0 Å². The van der Waals surface area contributed by atoms with Gasteiger partial charge in [-0.3, -0.25) is 4.79 Å². The molecule has 4 rings (SSSR count). The Balaban J connectivity index is 1.43. The number of nitrogens with zero attached hydrogens (tertiary/aromatic N) is 4. The van der Waals surface area contributed by atoms with Gasteiger partial charge in [-0.1, -0.05) is 24.3 Å². The van der Waals surface area contributed by atoms with Crippen LogP contribution in [0.4, 0.5) is 5.69 Å². The molecule has 6 nitrogen and oxygen atoms in total. The summed E-state index contributed by atoms with van der Waals surface area (Å²) in [6, 6.07) is 16.2. The average Bonchev–Trinajstić information content (AvgIpc) is 3.03. The number of aromatic nitrogens is 3. The van der Waals surface area contributed by atoms with Crippen LogP contribution >= 0.6 is 12.2 Å². The van der Waals surface area contributed by atoms with Crippen LogP contribution < -0.4 is 9.80 Å². The summed E-state index contributed by atoms with van der Waals surface area (Å²) >= 11 is 5.67. The number of ketones is 1. The average molecular weight is 423 g/mol. The van der Waals surface area contributed by atoms with Gasteiger partial charge in [-0.2, -0.15) is 4.68 Å². The Morgan fingerprint density at radius 3 is 2.40 bits per heavy atom. The molecule has 1 fully saturated rings. The van der Waals surface area contributed by atoms with E-state index in [1.165, 1.54) is 16.2 Å². The Hall–Kier alpha value is -2.77. The predicted molar refractivity (Wildman–Crippen MR) is 122 cm³/mol. The van der Waals surface area contributed by atoms with Crippen molar-refractivity contribution in [3.8, 4) is 11.4 Å². The Labute approximate surface area is 182 Å². The summed E-state index contributed by atoms with van der Waals surface area (Å²) in [7, 11) is 1.99. The summed E-state index contributed by atoms with van der Waals surface area (Å²) in [4.78, 5) is 15.3. The number of anilines is 1. The van der Waals surface area contributed by atoms with Gasteiger partial charge in [0.25, 0.3) is 0 Å². The zero-order valence-electron chi connectivity index (χ0n) is 17.8. The van der Waals surface area contributed by atoms with Crippen molar-refractivity contribution in [3.63, 3.8) is 0 Å². The molecule has 7 heteroatoms. The number of nitrogens with one attached hydrogen (secondary N) is 1. The van der Waals surface area contributed by atoms with Gasteiger partial charge in [0.1, 0.15) is 0 Å². The van der Waals surface area contributed by atoms with E-state index < -0.39 is 0 Å². The van der Waals surface area contributed by atoms with Gasteiger partial charge in [0, 0.05) is 23.9 Å². The Kier molecular flexibility index (Phi) is 5.83. The van der Waals surface area contributed by atoms with E-state index in [0.717, 1.165) is 54.6 Å². The minimum Gasteiger partial charge on any atom is -0.360 e. The molecule has 1 aromatic heterocycles. The highest BCUT2D eigenvalue weighted by Gasteiger charge is 2.22. The number of rotatable bonds is 5. The first kappa shape index (κ1) is 20.5. The van der Waals surface area contributed by atoms with Crippen molar-refractivity contribution in [3.05, 3.63) is 64.4 Å². The second-order valence-electron chi connectivity index (χ2n) is 7.98. The van der Waals surface area contributed by atoms with Crippen molar-refractivity contribution in [1.82, 2.24) is 14.3 Å². The standard InChI is InChI=1S/C23H27N5OS/c1-17-6-4-5-7-21(17)22-24-28(23(30)25(22)3)16-26-12-14-27(15-13-26)20-10-8-19(9-11-20)18(2)29/h4-11H,12-16H2,1-3H3/p+1. The smallest absolute Gasteiger partial charge is 0.202 e. The molecule has 0 aliphatic carbocycles. The van der Waals surface area contributed by atoms with Crippen LogP contribution in [0.5, 0.6) is 0 Å². The van der Waals surface area contributed by atoms with Crippen LogP contribution in [-0.2, 0) is 13.7 Å². The topological polar surface area (TPSA) is 47.5 Å². The van der Waals surface area contributed by atoms with Gasteiger partial charge in [-0.15, -0.1) is 5.10 Å².